The van der Waals surface area contributed by atoms with Crippen LogP contribution < -0.4 is 9.62 Å². The van der Waals surface area contributed by atoms with Crippen LogP contribution in [0.25, 0.3) is 11.3 Å². The molecule has 150 valence electrons. The van der Waals surface area contributed by atoms with Gasteiger partial charge in [0.15, 0.2) is 0 Å². The Bertz CT molecular complexity index is 1090. The van der Waals surface area contributed by atoms with E-state index in [1.807, 2.05) is 42.5 Å². The minimum atomic E-state index is -3.19. The Morgan fingerprint density at radius 3 is 2.45 bits per heavy atom. The zero-order valence-corrected chi connectivity index (χ0v) is 16.8. The Hall–Kier alpha value is -3.06. The number of aryl methyl sites for hydroxylation is 1. The second-order valence-corrected chi connectivity index (χ2v) is 9.11. The van der Waals surface area contributed by atoms with Crippen molar-refractivity contribution in [1.82, 2.24) is 4.98 Å². The van der Waals surface area contributed by atoms with E-state index in [0.29, 0.717) is 37.2 Å². The average Bonchev–Trinajstić information content (AvgIpc) is 3.34. The van der Waals surface area contributed by atoms with Crippen LogP contribution in [0, 0.1) is 0 Å². The fraction of sp³-hybridized carbons (Fsp3) is 0.227. The quantitative estimate of drug-likeness (QED) is 0.650. The van der Waals surface area contributed by atoms with Crippen molar-refractivity contribution < 1.29 is 13.2 Å². The van der Waals surface area contributed by atoms with Crippen LogP contribution in [-0.2, 0) is 21.2 Å². The lowest BCUT2D eigenvalue weighted by Gasteiger charge is -2.17. The van der Waals surface area contributed by atoms with Crippen molar-refractivity contribution in [3.63, 3.8) is 0 Å². The summed E-state index contributed by atoms with van der Waals surface area (Å²) in [5, 5.41) is 2.87. The highest BCUT2D eigenvalue weighted by molar-refractivity contribution is 7.93. The van der Waals surface area contributed by atoms with Gasteiger partial charge in [-0.3, -0.25) is 9.10 Å². The number of nitrogens with zero attached hydrogens (tertiary/aromatic N) is 1. The van der Waals surface area contributed by atoms with E-state index in [-0.39, 0.29) is 11.7 Å². The van der Waals surface area contributed by atoms with Crippen molar-refractivity contribution in [2.45, 2.75) is 19.3 Å². The molecule has 1 aliphatic rings. The van der Waals surface area contributed by atoms with Crippen LogP contribution in [0.1, 0.15) is 18.5 Å². The topological polar surface area (TPSA) is 82.3 Å². The number of aromatic nitrogens is 1. The molecule has 29 heavy (non-hydrogen) atoms. The number of rotatable bonds is 6. The number of sulfonamides is 1. The van der Waals surface area contributed by atoms with Gasteiger partial charge in [0, 0.05) is 30.0 Å². The van der Waals surface area contributed by atoms with Gasteiger partial charge in [0.05, 0.1) is 11.4 Å². The number of anilines is 2. The molecule has 0 aliphatic carbocycles. The fourth-order valence-electron chi connectivity index (χ4n) is 3.48. The molecule has 0 radical (unpaired) electrons. The van der Waals surface area contributed by atoms with Gasteiger partial charge < -0.3 is 10.3 Å². The van der Waals surface area contributed by atoms with Gasteiger partial charge in [0.25, 0.3) is 0 Å². The van der Waals surface area contributed by atoms with Gasteiger partial charge in [-0.25, -0.2) is 8.42 Å². The summed E-state index contributed by atoms with van der Waals surface area (Å²) in [6, 6.07) is 21.0. The van der Waals surface area contributed by atoms with E-state index in [0.717, 1.165) is 17.0 Å². The molecule has 4 rings (SSSR count). The Kier molecular flexibility index (Phi) is 5.40. The maximum absolute atomic E-state index is 12.3. The molecule has 2 heterocycles. The molecule has 1 aromatic heterocycles. The van der Waals surface area contributed by atoms with Crippen LogP contribution in [0.5, 0.6) is 0 Å². The number of carbonyl (C=O) groups excluding carboxylic acids is 1. The van der Waals surface area contributed by atoms with Gasteiger partial charge in [-0.15, -0.1) is 0 Å². The maximum atomic E-state index is 12.3. The van der Waals surface area contributed by atoms with Gasteiger partial charge in [0.2, 0.25) is 15.9 Å². The summed E-state index contributed by atoms with van der Waals surface area (Å²) < 4.78 is 25.4. The van der Waals surface area contributed by atoms with Crippen molar-refractivity contribution in [2.75, 3.05) is 21.9 Å². The minimum Gasteiger partial charge on any atom is -0.358 e. The first-order chi connectivity index (χ1) is 14.0. The Morgan fingerprint density at radius 1 is 1.00 bits per heavy atom. The smallest absolute Gasteiger partial charge is 0.235 e. The Labute approximate surface area is 170 Å². The third kappa shape index (κ3) is 4.51. The third-order valence-corrected chi connectivity index (χ3v) is 6.86. The Morgan fingerprint density at radius 2 is 1.76 bits per heavy atom. The zero-order valence-electron chi connectivity index (χ0n) is 16.0. The lowest BCUT2D eigenvalue weighted by molar-refractivity contribution is -0.116. The first-order valence-electron chi connectivity index (χ1n) is 9.65. The van der Waals surface area contributed by atoms with Crippen LogP contribution in [0.2, 0.25) is 0 Å². The summed E-state index contributed by atoms with van der Waals surface area (Å²) in [5.41, 5.74) is 4.46. The van der Waals surface area contributed by atoms with E-state index in [4.69, 9.17) is 0 Å². The Balaban J connectivity index is 1.32. The van der Waals surface area contributed by atoms with E-state index in [1.54, 1.807) is 24.3 Å². The first kappa shape index (κ1) is 19.3. The molecule has 6 nitrogen and oxygen atoms in total. The third-order valence-electron chi connectivity index (χ3n) is 4.99. The van der Waals surface area contributed by atoms with E-state index in [2.05, 4.69) is 10.3 Å². The number of benzene rings is 2. The highest BCUT2D eigenvalue weighted by Gasteiger charge is 2.28. The number of aromatic amines is 1. The molecule has 1 fully saturated rings. The van der Waals surface area contributed by atoms with E-state index in [1.165, 1.54) is 4.31 Å². The van der Waals surface area contributed by atoms with Crippen LogP contribution in [-0.4, -0.2) is 31.6 Å². The van der Waals surface area contributed by atoms with Gasteiger partial charge in [0.1, 0.15) is 0 Å². The lowest BCUT2D eigenvalue weighted by Crippen LogP contribution is -2.25. The number of H-pyrrole nitrogens is 1. The highest BCUT2D eigenvalue weighted by atomic mass is 32.2. The summed E-state index contributed by atoms with van der Waals surface area (Å²) in [5.74, 6) is 0.110. The van der Waals surface area contributed by atoms with Crippen molar-refractivity contribution in [3.8, 4) is 11.3 Å². The minimum absolute atomic E-state index is 0.0811. The molecule has 0 saturated carbocycles. The van der Waals surface area contributed by atoms with Crippen LogP contribution in [0.15, 0.2) is 66.7 Å². The lowest BCUT2D eigenvalue weighted by atomic mass is 10.2. The molecular weight excluding hydrogens is 386 g/mol. The van der Waals surface area contributed by atoms with Gasteiger partial charge in [-0.2, -0.15) is 0 Å². The van der Waals surface area contributed by atoms with Crippen molar-refractivity contribution in [1.29, 1.82) is 0 Å². The normalized spacial score (nSPS) is 15.4. The van der Waals surface area contributed by atoms with Crippen LogP contribution in [0.4, 0.5) is 11.4 Å². The summed E-state index contributed by atoms with van der Waals surface area (Å²) >= 11 is 0. The van der Waals surface area contributed by atoms with Crippen LogP contribution >= 0.6 is 0 Å². The monoisotopic (exact) mass is 409 g/mol. The highest BCUT2D eigenvalue weighted by Crippen LogP contribution is 2.25. The molecule has 1 amide bonds. The van der Waals surface area contributed by atoms with Crippen molar-refractivity contribution >= 4 is 27.3 Å². The predicted molar refractivity (Wildman–Crippen MR) is 115 cm³/mol. The molecule has 1 saturated heterocycles. The molecule has 2 N–H and O–H groups in total. The molecule has 0 unspecified atom stereocenters. The standard InChI is InChI=1S/C22H23N3O3S/c26-22(14-10-18-9-13-21(23-18)17-5-2-1-3-6-17)24-19-7-11-20(12-8-19)25-15-4-16-29(25,27)28/h1-3,5-9,11-13,23H,4,10,14-16H2,(H,24,26). The number of nitrogens with one attached hydrogen (secondary N) is 2. The molecule has 3 aromatic rings. The second kappa shape index (κ2) is 8.13. The average molecular weight is 410 g/mol. The molecule has 7 heteroatoms. The largest absolute Gasteiger partial charge is 0.358 e. The fourth-order valence-corrected chi connectivity index (χ4v) is 5.05. The molecule has 0 atom stereocenters. The van der Waals surface area contributed by atoms with Gasteiger partial charge in [-0.05, 0) is 54.8 Å². The van der Waals surface area contributed by atoms with Gasteiger partial charge in [-0.1, -0.05) is 30.3 Å². The molecule has 1 aliphatic heterocycles. The predicted octanol–water partition coefficient (Wildman–Crippen LogP) is 3.79. The zero-order chi connectivity index (χ0) is 20.3. The van der Waals surface area contributed by atoms with E-state index < -0.39 is 10.0 Å². The number of hydrogen-bond acceptors (Lipinski definition) is 3. The summed E-state index contributed by atoms with van der Waals surface area (Å²) in [6.07, 6.45) is 1.62. The van der Waals surface area contributed by atoms with Crippen LogP contribution in [0.3, 0.4) is 0 Å². The van der Waals surface area contributed by atoms with Crippen molar-refractivity contribution in [2.24, 2.45) is 0 Å². The number of hydrogen-bond donors (Lipinski definition) is 2. The summed E-state index contributed by atoms with van der Waals surface area (Å²) in [4.78, 5) is 15.6. The van der Waals surface area contributed by atoms with Crippen molar-refractivity contribution in [3.05, 3.63) is 72.4 Å². The van der Waals surface area contributed by atoms with Gasteiger partial charge >= 0.3 is 0 Å². The first-order valence-corrected chi connectivity index (χ1v) is 11.3. The molecule has 0 spiro atoms. The van der Waals surface area contributed by atoms with E-state index in [9.17, 15) is 13.2 Å². The summed E-state index contributed by atoms with van der Waals surface area (Å²) in [7, 11) is -3.19. The molecule has 0 bridgehead atoms. The molecule has 2 aromatic carbocycles. The van der Waals surface area contributed by atoms with E-state index >= 15 is 0 Å². The molecular formula is C22H23N3O3S. The maximum Gasteiger partial charge on any atom is 0.235 e. The second-order valence-electron chi connectivity index (χ2n) is 7.10. The summed E-state index contributed by atoms with van der Waals surface area (Å²) in [6.45, 7) is 0.509. The number of amides is 1. The number of carbonyl (C=O) groups is 1. The SMILES string of the molecule is O=C(CCc1ccc(-c2ccccc2)[nH]1)Nc1ccc(N2CCCS2(=O)=O)cc1.